The zero-order valence-corrected chi connectivity index (χ0v) is 9.63. The summed E-state index contributed by atoms with van der Waals surface area (Å²) in [6.45, 7) is 1.92. The second-order valence-corrected chi connectivity index (χ2v) is 4.41. The van der Waals surface area contributed by atoms with Crippen molar-refractivity contribution in [2.45, 2.75) is 19.3 Å². The summed E-state index contributed by atoms with van der Waals surface area (Å²) < 4.78 is 5.27. The molecule has 0 amide bonds. The molecule has 0 radical (unpaired) electrons. The molecule has 0 saturated carbocycles. The lowest BCUT2D eigenvalue weighted by molar-refractivity contribution is 0.0663. The average Bonchev–Trinajstić information content (AvgIpc) is 2.79. The van der Waals surface area contributed by atoms with Gasteiger partial charge in [-0.2, -0.15) is 0 Å². The molecule has 94 valence electrons. The van der Waals surface area contributed by atoms with Crippen LogP contribution in [-0.2, 0) is 0 Å². The van der Waals surface area contributed by atoms with Gasteiger partial charge in [0.25, 0.3) is 0 Å². The number of rotatable bonds is 4. The lowest BCUT2D eigenvalue weighted by Crippen LogP contribution is -2.35. The van der Waals surface area contributed by atoms with E-state index in [1.54, 1.807) is 6.07 Å². The molecule has 5 nitrogen and oxygen atoms in total. The van der Waals surface area contributed by atoms with Crippen molar-refractivity contribution in [1.29, 1.82) is 0 Å². The van der Waals surface area contributed by atoms with Gasteiger partial charge in [-0.15, -0.1) is 0 Å². The number of carboxylic acid groups (broad SMARTS) is 1. The lowest BCUT2D eigenvalue weighted by Gasteiger charge is -2.32. The topological polar surface area (TPSA) is 73.9 Å². The summed E-state index contributed by atoms with van der Waals surface area (Å²) in [4.78, 5) is 12.8. The molecule has 1 aliphatic heterocycles. The highest BCUT2D eigenvalue weighted by Gasteiger charge is 2.22. The number of aromatic carboxylic acids is 1. The van der Waals surface area contributed by atoms with Crippen LogP contribution in [0.2, 0.25) is 0 Å². The third-order valence-electron chi connectivity index (χ3n) is 3.17. The van der Waals surface area contributed by atoms with E-state index in [0.29, 0.717) is 11.8 Å². The number of anilines is 1. The standard InChI is InChI=1S/C12H17NO4/c14-7-5-9-2-1-6-13(8-9)11-4-3-10(17-11)12(15)16/h3-4,9,14H,1-2,5-8H2,(H,15,16). The van der Waals surface area contributed by atoms with Crippen LogP contribution in [0.3, 0.4) is 0 Å². The quantitative estimate of drug-likeness (QED) is 0.834. The molecule has 0 aliphatic carbocycles. The first-order valence-corrected chi connectivity index (χ1v) is 5.89. The maximum atomic E-state index is 10.7. The second kappa shape index (κ2) is 5.23. The summed E-state index contributed by atoms with van der Waals surface area (Å²) in [5.41, 5.74) is 0. The Hall–Kier alpha value is -1.49. The highest BCUT2D eigenvalue weighted by Crippen LogP contribution is 2.26. The fourth-order valence-electron chi connectivity index (χ4n) is 2.30. The number of nitrogens with zero attached hydrogens (tertiary/aromatic N) is 1. The van der Waals surface area contributed by atoms with E-state index in [-0.39, 0.29) is 12.4 Å². The number of hydrogen-bond donors (Lipinski definition) is 2. The molecule has 0 bridgehead atoms. The van der Waals surface area contributed by atoms with Crippen LogP contribution in [0.25, 0.3) is 0 Å². The van der Waals surface area contributed by atoms with Gasteiger partial charge >= 0.3 is 5.97 Å². The van der Waals surface area contributed by atoms with Crippen molar-refractivity contribution in [1.82, 2.24) is 0 Å². The third kappa shape index (κ3) is 2.79. The van der Waals surface area contributed by atoms with Gasteiger partial charge in [0.05, 0.1) is 0 Å². The van der Waals surface area contributed by atoms with Gasteiger partial charge in [-0.05, 0) is 31.2 Å². The number of hydrogen-bond acceptors (Lipinski definition) is 4. The fourth-order valence-corrected chi connectivity index (χ4v) is 2.30. The van der Waals surface area contributed by atoms with Gasteiger partial charge in [0, 0.05) is 25.8 Å². The van der Waals surface area contributed by atoms with Crippen molar-refractivity contribution < 1.29 is 19.4 Å². The lowest BCUT2D eigenvalue weighted by atomic mass is 9.95. The Morgan fingerprint density at radius 1 is 1.53 bits per heavy atom. The van der Waals surface area contributed by atoms with Crippen LogP contribution in [0.1, 0.15) is 29.8 Å². The van der Waals surface area contributed by atoms with Crippen LogP contribution >= 0.6 is 0 Å². The predicted octanol–water partition coefficient (Wildman–Crippen LogP) is 1.58. The minimum absolute atomic E-state index is 0.0238. The van der Waals surface area contributed by atoms with Gasteiger partial charge in [-0.3, -0.25) is 0 Å². The van der Waals surface area contributed by atoms with Crippen LogP contribution in [0.4, 0.5) is 5.88 Å². The van der Waals surface area contributed by atoms with Gasteiger partial charge in [0.15, 0.2) is 5.88 Å². The van der Waals surface area contributed by atoms with E-state index in [0.717, 1.165) is 32.4 Å². The normalized spacial score (nSPS) is 20.5. The van der Waals surface area contributed by atoms with Crippen LogP contribution in [-0.4, -0.2) is 35.9 Å². The Balaban J connectivity index is 2.02. The van der Waals surface area contributed by atoms with E-state index >= 15 is 0 Å². The molecule has 1 aromatic heterocycles. The molecule has 1 fully saturated rings. The number of aliphatic hydroxyl groups excluding tert-OH is 1. The molecule has 2 N–H and O–H groups in total. The van der Waals surface area contributed by atoms with Crippen molar-refractivity contribution in [2.75, 3.05) is 24.6 Å². The van der Waals surface area contributed by atoms with E-state index in [2.05, 4.69) is 4.90 Å². The summed E-state index contributed by atoms with van der Waals surface area (Å²) >= 11 is 0. The van der Waals surface area contributed by atoms with Gasteiger partial charge < -0.3 is 19.5 Å². The molecule has 17 heavy (non-hydrogen) atoms. The highest BCUT2D eigenvalue weighted by atomic mass is 16.4. The Morgan fingerprint density at radius 3 is 3.00 bits per heavy atom. The summed E-state index contributed by atoms with van der Waals surface area (Å²) in [5.74, 6) is 0.0154. The molecule has 1 aromatic rings. The number of furan rings is 1. The number of aliphatic hydroxyl groups is 1. The van der Waals surface area contributed by atoms with E-state index in [1.807, 2.05) is 0 Å². The minimum atomic E-state index is -1.04. The summed E-state index contributed by atoms with van der Waals surface area (Å²) in [6, 6.07) is 3.18. The van der Waals surface area contributed by atoms with Crippen LogP contribution < -0.4 is 4.90 Å². The van der Waals surface area contributed by atoms with E-state index < -0.39 is 5.97 Å². The van der Waals surface area contributed by atoms with E-state index in [4.69, 9.17) is 14.6 Å². The molecular formula is C12H17NO4. The molecule has 0 aromatic carbocycles. The molecule has 1 unspecified atom stereocenters. The van der Waals surface area contributed by atoms with Crippen LogP contribution in [0.5, 0.6) is 0 Å². The smallest absolute Gasteiger partial charge is 0.371 e. The van der Waals surface area contributed by atoms with Gasteiger partial charge in [-0.1, -0.05) is 0 Å². The van der Waals surface area contributed by atoms with Gasteiger partial charge in [-0.25, -0.2) is 4.79 Å². The number of carboxylic acids is 1. The Bertz CT molecular complexity index is 386. The van der Waals surface area contributed by atoms with Crippen LogP contribution in [0, 0.1) is 5.92 Å². The fraction of sp³-hybridized carbons (Fsp3) is 0.583. The first kappa shape index (κ1) is 12.0. The van der Waals surface area contributed by atoms with Crippen molar-refractivity contribution in [3.63, 3.8) is 0 Å². The van der Waals surface area contributed by atoms with Gasteiger partial charge in [0.2, 0.25) is 5.76 Å². The average molecular weight is 239 g/mol. The number of carbonyl (C=O) groups is 1. The number of piperidine rings is 1. The van der Waals surface area contributed by atoms with Crippen LogP contribution in [0.15, 0.2) is 16.5 Å². The molecule has 1 atom stereocenters. The molecule has 2 heterocycles. The second-order valence-electron chi connectivity index (χ2n) is 4.41. The zero-order valence-electron chi connectivity index (χ0n) is 9.63. The summed E-state index contributed by atoms with van der Waals surface area (Å²) in [7, 11) is 0. The maximum Gasteiger partial charge on any atom is 0.371 e. The predicted molar refractivity (Wildman–Crippen MR) is 62.3 cm³/mol. The third-order valence-corrected chi connectivity index (χ3v) is 3.17. The highest BCUT2D eigenvalue weighted by molar-refractivity contribution is 5.84. The van der Waals surface area contributed by atoms with Crippen molar-refractivity contribution in [3.05, 3.63) is 17.9 Å². The molecule has 0 spiro atoms. The largest absolute Gasteiger partial charge is 0.475 e. The Kier molecular flexibility index (Phi) is 3.68. The van der Waals surface area contributed by atoms with E-state index in [1.165, 1.54) is 6.07 Å². The minimum Gasteiger partial charge on any atom is -0.475 e. The van der Waals surface area contributed by atoms with E-state index in [9.17, 15) is 4.79 Å². The summed E-state index contributed by atoms with van der Waals surface area (Å²) in [6.07, 6.45) is 2.96. The van der Waals surface area contributed by atoms with Crippen molar-refractivity contribution in [2.24, 2.45) is 5.92 Å². The van der Waals surface area contributed by atoms with Crippen molar-refractivity contribution in [3.8, 4) is 0 Å². The monoisotopic (exact) mass is 239 g/mol. The Morgan fingerprint density at radius 2 is 2.35 bits per heavy atom. The molecule has 2 rings (SSSR count). The first-order valence-electron chi connectivity index (χ1n) is 5.89. The molecule has 5 heteroatoms. The molecule has 1 aliphatic rings. The van der Waals surface area contributed by atoms with Gasteiger partial charge in [0.1, 0.15) is 0 Å². The Labute approximate surface area is 99.6 Å². The first-order chi connectivity index (χ1) is 8.20. The SMILES string of the molecule is O=C(O)c1ccc(N2CCCC(CCO)C2)o1. The maximum absolute atomic E-state index is 10.7. The van der Waals surface area contributed by atoms with Crippen molar-refractivity contribution >= 4 is 11.9 Å². The molecular weight excluding hydrogens is 222 g/mol. The summed E-state index contributed by atoms with van der Waals surface area (Å²) in [5, 5.41) is 17.7. The zero-order chi connectivity index (χ0) is 12.3. The molecule has 1 saturated heterocycles.